The Hall–Kier alpha value is -2.41. The zero-order valence-electron chi connectivity index (χ0n) is 12.5. The molecule has 0 atom stereocenters. The first kappa shape index (κ1) is 18.6. The molecule has 0 bridgehead atoms. The maximum Gasteiger partial charge on any atom is 0.413 e. The van der Waals surface area contributed by atoms with Crippen molar-refractivity contribution in [3.8, 4) is 0 Å². The molecule has 1 aromatic rings. The fraction of sp³-hybridized carbons (Fsp3) is 0.333. The molecule has 0 aromatic heterocycles. The zero-order valence-corrected chi connectivity index (χ0v) is 13.2. The molecule has 1 aromatic carbocycles. The number of ether oxygens (including phenoxy) is 2. The number of carbonyl (C=O) groups is 4. The lowest BCUT2D eigenvalue weighted by atomic mass is 10.1. The Labute approximate surface area is 137 Å². The molecule has 1 N–H and O–H groups in total. The average molecular weight is 342 g/mol. The van der Waals surface area contributed by atoms with Crippen LogP contribution < -0.4 is 5.32 Å². The van der Waals surface area contributed by atoms with Crippen LogP contribution in [0.25, 0.3) is 0 Å². The number of ketones is 1. The van der Waals surface area contributed by atoms with Gasteiger partial charge in [-0.1, -0.05) is 11.6 Å². The largest absolute Gasteiger partial charge is 0.456 e. The second kappa shape index (κ2) is 9.58. The fourth-order valence-electron chi connectivity index (χ4n) is 1.53. The van der Waals surface area contributed by atoms with Gasteiger partial charge in [-0.25, -0.2) is 4.79 Å². The molecule has 0 fully saturated rings. The van der Waals surface area contributed by atoms with Gasteiger partial charge in [-0.15, -0.1) is 0 Å². The Bertz CT molecular complexity index is 584. The van der Waals surface area contributed by atoms with Gasteiger partial charge in [0.2, 0.25) is 0 Å². The molecule has 0 unspecified atom stereocenters. The fourth-order valence-corrected chi connectivity index (χ4v) is 1.66. The molecule has 1 rings (SSSR count). The van der Waals surface area contributed by atoms with Crippen LogP contribution in [0.4, 0.5) is 4.79 Å². The van der Waals surface area contributed by atoms with Gasteiger partial charge in [0.25, 0.3) is 5.91 Å². The summed E-state index contributed by atoms with van der Waals surface area (Å²) in [6.07, 6.45) is -1.14. The highest BCUT2D eigenvalue weighted by Gasteiger charge is 2.13. The van der Waals surface area contributed by atoms with Crippen molar-refractivity contribution < 1.29 is 28.7 Å². The molecule has 8 heteroatoms. The number of Topliss-reactive ketones (excluding diaryl/α,β-unsaturated/α-hetero) is 1. The van der Waals surface area contributed by atoms with Crippen molar-refractivity contribution >= 4 is 35.4 Å². The van der Waals surface area contributed by atoms with Crippen molar-refractivity contribution in [1.82, 2.24) is 5.32 Å². The first-order chi connectivity index (χ1) is 10.9. The quantitative estimate of drug-likeness (QED) is 0.602. The highest BCUT2D eigenvalue weighted by Crippen LogP contribution is 2.12. The normalized spacial score (nSPS) is 9.83. The van der Waals surface area contributed by atoms with Crippen LogP contribution in [0.15, 0.2) is 24.3 Å². The third kappa shape index (κ3) is 7.42. The highest BCUT2D eigenvalue weighted by atomic mass is 35.5. The number of esters is 1. The number of carbonyl (C=O) groups excluding carboxylic acids is 4. The van der Waals surface area contributed by atoms with E-state index in [9.17, 15) is 19.2 Å². The minimum absolute atomic E-state index is 0.0556. The van der Waals surface area contributed by atoms with E-state index in [1.807, 2.05) is 5.32 Å². The predicted octanol–water partition coefficient (Wildman–Crippen LogP) is 2.12. The second-order valence-electron chi connectivity index (χ2n) is 4.36. The number of amides is 2. The van der Waals surface area contributed by atoms with E-state index in [2.05, 4.69) is 9.47 Å². The van der Waals surface area contributed by atoms with E-state index in [0.29, 0.717) is 10.6 Å². The monoisotopic (exact) mass is 341 g/mol. The number of benzene rings is 1. The summed E-state index contributed by atoms with van der Waals surface area (Å²) in [7, 11) is 0. The van der Waals surface area contributed by atoms with Gasteiger partial charge >= 0.3 is 12.1 Å². The molecule has 23 heavy (non-hydrogen) atoms. The van der Waals surface area contributed by atoms with E-state index >= 15 is 0 Å². The van der Waals surface area contributed by atoms with Crippen LogP contribution in [-0.2, 0) is 19.1 Å². The minimum atomic E-state index is -0.911. The van der Waals surface area contributed by atoms with Crippen molar-refractivity contribution in [3.05, 3.63) is 34.9 Å². The van der Waals surface area contributed by atoms with Crippen LogP contribution in [0.1, 0.15) is 30.1 Å². The summed E-state index contributed by atoms with van der Waals surface area (Å²) in [5.41, 5.74) is 0.433. The highest BCUT2D eigenvalue weighted by molar-refractivity contribution is 6.30. The van der Waals surface area contributed by atoms with Gasteiger partial charge in [0.05, 0.1) is 13.0 Å². The molecule has 0 spiro atoms. The van der Waals surface area contributed by atoms with Gasteiger partial charge in [-0.2, -0.15) is 0 Å². The van der Waals surface area contributed by atoms with Gasteiger partial charge in [0, 0.05) is 17.0 Å². The van der Waals surface area contributed by atoms with Crippen molar-refractivity contribution in [1.29, 1.82) is 0 Å². The molecule has 0 heterocycles. The zero-order chi connectivity index (χ0) is 17.2. The molecule has 0 aliphatic rings. The first-order valence-corrected chi connectivity index (χ1v) is 7.21. The van der Waals surface area contributed by atoms with Crippen LogP contribution in [0, 0.1) is 0 Å². The first-order valence-electron chi connectivity index (χ1n) is 6.83. The molecular weight excluding hydrogens is 326 g/mol. The lowest BCUT2D eigenvalue weighted by Crippen LogP contribution is -2.34. The summed E-state index contributed by atoms with van der Waals surface area (Å²) in [5.74, 6) is -1.76. The second-order valence-corrected chi connectivity index (χ2v) is 4.80. The molecule has 2 amide bonds. The van der Waals surface area contributed by atoms with E-state index in [-0.39, 0.29) is 25.2 Å². The standard InChI is InChI=1S/C15H16ClNO6/c1-2-22-15(21)17-13(19)9-23-14(20)8-7-12(18)10-3-5-11(16)6-4-10/h3-6H,2,7-9H2,1H3,(H,17,19,21). The van der Waals surface area contributed by atoms with Gasteiger partial charge in [0.1, 0.15) is 0 Å². The van der Waals surface area contributed by atoms with Crippen LogP contribution in [-0.4, -0.2) is 37.0 Å². The van der Waals surface area contributed by atoms with Gasteiger partial charge in [-0.3, -0.25) is 19.7 Å². The van der Waals surface area contributed by atoms with Crippen molar-refractivity contribution in [2.24, 2.45) is 0 Å². The van der Waals surface area contributed by atoms with Crippen molar-refractivity contribution in [2.45, 2.75) is 19.8 Å². The minimum Gasteiger partial charge on any atom is -0.456 e. The van der Waals surface area contributed by atoms with E-state index in [4.69, 9.17) is 11.6 Å². The number of hydrogen-bond acceptors (Lipinski definition) is 6. The number of halogens is 1. The van der Waals surface area contributed by atoms with E-state index in [1.54, 1.807) is 31.2 Å². The van der Waals surface area contributed by atoms with Crippen LogP contribution in [0.2, 0.25) is 5.02 Å². The van der Waals surface area contributed by atoms with Crippen LogP contribution in [0.5, 0.6) is 0 Å². The van der Waals surface area contributed by atoms with Crippen molar-refractivity contribution in [3.63, 3.8) is 0 Å². The lowest BCUT2D eigenvalue weighted by Gasteiger charge is -2.05. The number of rotatable bonds is 7. The van der Waals surface area contributed by atoms with Gasteiger partial charge in [-0.05, 0) is 31.2 Å². The molecule has 124 valence electrons. The molecule has 0 aliphatic carbocycles. The molecule has 0 saturated heterocycles. The summed E-state index contributed by atoms with van der Waals surface area (Å²) in [4.78, 5) is 45.5. The topological polar surface area (TPSA) is 98.8 Å². The predicted molar refractivity (Wildman–Crippen MR) is 81.1 cm³/mol. The van der Waals surface area contributed by atoms with Gasteiger partial charge in [0.15, 0.2) is 12.4 Å². The molecular formula is C15H16ClNO6. The maximum atomic E-state index is 11.8. The smallest absolute Gasteiger partial charge is 0.413 e. The summed E-state index contributed by atoms with van der Waals surface area (Å²) in [6, 6.07) is 6.27. The maximum absolute atomic E-state index is 11.8. The van der Waals surface area contributed by atoms with Gasteiger partial charge < -0.3 is 9.47 Å². The third-order valence-corrected chi connectivity index (χ3v) is 2.86. The average Bonchev–Trinajstić information content (AvgIpc) is 2.51. The van der Waals surface area contributed by atoms with E-state index in [1.165, 1.54) is 0 Å². The summed E-state index contributed by atoms with van der Waals surface area (Å²) < 4.78 is 9.15. The SMILES string of the molecule is CCOC(=O)NC(=O)COC(=O)CCC(=O)c1ccc(Cl)cc1. The summed E-state index contributed by atoms with van der Waals surface area (Å²) in [6.45, 7) is 1.08. The number of alkyl carbamates (subject to hydrolysis) is 1. The van der Waals surface area contributed by atoms with E-state index < -0.39 is 24.6 Å². The van der Waals surface area contributed by atoms with Crippen LogP contribution >= 0.6 is 11.6 Å². The molecule has 7 nitrogen and oxygen atoms in total. The number of hydrogen-bond donors (Lipinski definition) is 1. The Morgan fingerprint density at radius 1 is 1.04 bits per heavy atom. The van der Waals surface area contributed by atoms with Crippen molar-refractivity contribution in [2.75, 3.05) is 13.2 Å². The Morgan fingerprint density at radius 3 is 2.30 bits per heavy atom. The summed E-state index contributed by atoms with van der Waals surface area (Å²) >= 11 is 5.71. The Morgan fingerprint density at radius 2 is 1.70 bits per heavy atom. The Balaban J connectivity index is 2.28. The number of nitrogens with one attached hydrogen (secondary N) is 1. The third-order valence-electron chi connectivity index (χ3n) is 2.60. The molecule has 0 radical (unpaired) electrons. The molecule has 0 saturated carbocycles. The van der Waals surface area contributed by atoms with E-state index in [0.717, 1.165) is 0 Å². The Kier molecular flexibility index (Phi) is 7.76. The van der Waals surface area contributed by atoms with Crippen LogP contribution in [0.3, 0.4) is 0 Å². The number of imide groups is 1. The summed E-state index contributed by atoms with van der Waals surface area (Å²) in [5, 5.41) is 2.38. The lowest BCUT2D eigenvalue weighted by molar-refractivity contribution is -0.148. The molecule has 0 aliphatic heterocycles.